The lowest BCUT2D eigenvalue weighted by atomic mass is 9.52. The van der Waals surface area contributed by atoms with Crippen LogP contribution in [-0.4, -0.2) is 17.2 Å². The molecule has 2 aliphatic rings. The van der Waals surface area contributed by atoms with Gasteiger partial charge in [-0.1, -0.05) is 53.2 Å². The molecule has 1 heterocycles. The van der Waals surface area contributed by atoms with Gasteiger partial charge in [0.15, 0.2) is 0 Å². The molecule has 0 bridgehead atoms. The number of fused-ring (bicyclic) bond motifs is 4. The zero-order chi connectivity index (χ0) is 23.6. The van der Waals surface area contributed by atoms with E-state index in [4.69, 9.17) is 9.47 Å². The average molecular weight is 506 g/mol. The van der Waals surface area contributed by atoms with E-state index < -0.39 is 11.1 Å². The predicted molar refractivity (Wildman–Crippen MR) is 136 cm³/mol. The number of anilines is 1. The fourth-order valence-electron chi connectivity index (χ4n) is 5.23. The van der Waals surface area contributed by atoms with Crippen LogP contribution in [0.3, 0.4) is 0 Å². The normalized spacial score (nSPS) is 24.9. The maximum Gasteiger partial charge on any atom is 0.415 e. The van der Waals surface area contributed by atoms with Crippen molar-refractivity contribution in [2.75, 3.05) is 4.90 Å². The van der Waals surface area contributed by atoms with Gasteiger partial charge < -0.3 is 9.47 Å². The summed E-state index contributed by atoms with van der Waals surface area (Å²) in [7, 11) is 0. The Morgan fingerprint density at radius 3 is 2.48 bits per heavy atom. The number of carbonyl (C=O) groups is 1. The highest BCUT2D eigenvalue weighted by Crippen LogP contribution is 2.66. The number of ether oxygens (including phenoxy) is 2. The zero-order valence-corrected chi connectivity index (χ0v) is 21.2. The van der Waals surface area contributed by atoms with Crippen molar-refractivity contribution in [3.63, 3.8) is 0 Å². The van der Waals surface area contributed by atoms with Crippen LogP contribution in [0.4, 0.5) is 10.5 Å². The number of halogens is 1. The molecule has 0 N–H and O–H groups in total. The minimum absolute atomic E-state index is 0.235. The lowest BCUT2D eigenvalue weighted by Gasteiger charge is -2.56. The molecule has 2 atom stereocenters. The maximum absolute atomic E-state index is 13.4. The highest BCUT2D eigenvalue weighted by Gasteiger charge is 2.68. The largest absolute Gasteiger partial charge is 0.465 e. The Kier molecular flexibility index (Phi) is 4.91. The van der Waals surface area contributed by atoms with Gasteiger partial charge in [0, 0.05) is 9.89 Å². The molecule has 3 aromatic carbocycles. The molecule has 0 radical (unpaired) electrons. The Hall–Kier alpha value is -2.79. The van der Waals surface area contributed by atoms with E-state index in [2.05, 4.69) is 54.0 Å². The molecule has 1 aliphatic carbocycles. The van der Waals surface area contributed by atoms with E-state index in [9.17, 15) is 4.79 Å². The zero-order valence-electron chi connectivity index (χ0n) is 19.6. The molecule has 1 fully saturated rings. The molecule has 5 heteroatoms. The summed E-state index contributed by atoms with van der Waals surface area (Å²) in [6.45, 7) is 10.0. The summed E-state index contributed by atoms with van der Waals surface area (Å²) in [5, 5.41) is 2.31. The molecule has 170 valence electrons. The Morgan fingerprint density at radius 2 is 1.76 bits per heavy atom. The molecule has 3 aromatic rings. The molecule has 0 unspecified atom stereocenters. The smallest absolute Gasteiger partial charge is 0.415 e. The van der Waals surface area contributed by atoms with Crippen LogP contribution >= 0.6 is 15.9 Å². The second kappa shape index (κ2) is 7.36. The van der Waals surface area contributed by atoms with Crippen molar-refractivity contribution in [1.29, 1.82) is 0 Å². The van der Waals surface area contributed by atoms with Crippen LogP contribution in [0.15, 0.2) is 77.0 Å². The predicted octanol–water partition coefficient (Wildman–Crippen LogP) is 7.74. The van der Waals surface area contributed by atoms with Gasteiger partial charge in [-0.25, -0.2) is 4.79 Å². The third kappa shape index (κ3) is 3.36. The summed E-state index contributed by atoms with van der Waals surface area (Å²) >= 11 is 3.61. The first kappa shape index (κ1) is 22.0. The highest BCUT2D eigenvalue weighted by molar-refractivity contribution is 9.10. The summed E-state index contributed by atoms with van der Waals surface area (Å²) in [4.78, 5) is 15.3. The number of benzene rings is 3. The summed E-state index contributed by atoms with van der Waals surface area (Å²) in [5.74, 6) is 0.778. The highest BCUT2D eigenvalue weighted by atomic mass is 79.9. The van der Waals surface area contributed by atoms with E-state index in [1.807, 2.05) is 68.3 Å². The minimum atomic E-state index is -0.586. The van der Waals surface area contributed by atoms with Crippen LogP contribution in [0.5, 0.6) is 5.75 Å². The first-order chi connectivity index (χ1) is 15.5. The fourth-order valence-corrected chi connectivity index (χ4v) is 5.59. The van der Waals surface area contributed by atoms with Gasteiger partial charge in [0.25, 0.3) is 0 Å². The van der Waals surface area contributed by atoms with E-state index in [0.29, 0.717) is 0 Å². The van der Waals surface area contributed by atoms with E-state index in [1.165, 1.54) is 5.39 Å². The quantitative estimate of drug-likeness (QED) is 0.334. The van der Waals surface area contributed by atoms with Gasteiger partial charge in [-0.3, -0.25) is 4.90 Å². The minimum Gasteiger partial charge on any atom is -0.465 e. The number of hydrogen-bond acceptors (Lipinski definition) is 3. The van der Waals surface area contributed by atoms with Crippen LogP contribution in [-0.2, 0) is 10.2 Å². The van der Waals surface area contributed by atoms with E-state index in [-0.39, 0.29) is 11.5 Å². The first-order valence-electron chi connectivity index (χ1n) is 11.2. The number of carbonyl (C=O) groups excluding carboxylic acids is 1. The van der Waals surface area contributed by atoms with Crippen LogP contribution in [0.2, 0.25) is 0 Å². The monoisotopic (exact) mass is 505 g/mol. The topological polar surface area (TPSA) is 38.8 Å². The van der Waals surface area contributed by atoms with Crippen molar-refractivity contribution in [2.24, 2.45) is 0 Å². The second-order valence-corrected chi connectivity index (χ2v) is 11.2. The average Bonchev–Trinajstić information content (AvgIpc) is 2.89. The molecule has 1 amide bonds. The molecule has 0 aromatic heterocycles. The van der Waals surface area contributed by atoms with Crippen LogP contribution in [0.25, 0.3) is 10.8 Å². The SMILES string of the molecule is CC(C)(C)OC(=O)N1c2ccc(Br)cc2[C@@]2(C)C/C(=C/Oc3ccc4ccccc4c3)[C@@]12C. The first-order valence-corrected chi connectivity index (χ1v) is 12.0. The Labute approximate surface area is 203 Å². The van der Waals surface area contributed by atoms with Gasteiger partial charge in [-0.15, -0.1) is 0 Å². The lowest BCUT2D eigenvalue weighted by molar-refractivity contribution is 0.0503. The van der Waals surface area contributed by atoms with Gasteiger partial charge >= 0.3 is 6.09 Å². The van der Waals surface area contributed by atoms with Crippen molar-refractivity contribution in [1.82, 2.24) is 0 Å². The fraction of sp³-hybridized carbons (Fsp3) is 0.321. The van der Waals surface area contributed by atoms with E-state index >= 15 is 0 Å². The summed E-state index contributed by atoms with van der Waals surface area (Å²) < 4.78 is 13.0. The standard InChI is InChI=1S/C28H28BrNO3/c1-26(2,3)33-25(31)30-24-13-11-21(29)15-23(24)27(4)16-20(28(27,30)5)17-32-22-12-10-18-8-6-7-9-19(18)14-22/h6-15,17H,16H2,1-5H3/b20-17-/t27-,28-/m1/s1. The van der Waals surface area contributed by atoms with Gasteiger partial charge in [-0.05, 0) is 86.4 Å². The number of amides is 1. The molecule has 0 spiro atoms. The number of nitrogens with zero attached hydrogens (tertiary/aromatic N) is 1. The van der Waals surface area contributed by atoms with Gasteiger partial charge in [0.05, 0.1) is 17.5 Å². The molecule has 1 saturated carbocycles. The van der Waals surface area contributed by atoms with Crippen LogP contribution in [0, 0.1) is 0 Å². The number of rotatable bonds is 2. The second-order valence-electron chi connectivity index (χ2n) is 10.3. The molecule has 5 rings (SSSR count). The lowest BCUT2D eigenvalue weighted by Crippen LogP contribution is -2.66. The van der Waals surface area contributed by atoms with Crippen molar-refractivity contribution in [3.8, 4) is 5.75 Å². The maximum atomic E-state index is 13.4. The summed E-state index contributed by atoms with van der Waals surface area (Å²) in [5.41, 5.74) is 1.71. The number of hydrogen-bond donors (Lipinski definition) is 0. The van der Waals surface area contributed by atoms with Gasteiger partial charge in [-0.2, -0.15) is 0 Å². The van der Waals surface area contributed by atoms with Crippen molar-refractivity contribution >= 4 is 38.5 Å². The van der Waals surface area contributed by atoms with E-state index in [1.54, 1.807) is 0 Å². The van der Waals surface area contributed by atoms with Crippen LogP contribution < -0.4 is 9.64 Å². The van der Waals surface area contributed by atoms with Crippen molar-refractivity contribution < 1.29 is 14.3 Å². The molecule has 33 heavy (non-hydrogen) atoms. The molecule has 4 nitrogen and oxygen atoms in total. The molecule has 0 saturated heterocycles. The van der Waals surface area contributed by atoms with E-state index in [0.717, 1.165) is 38.9 Å². The van der Waals surface area contributed by atoms with Crippen LogP contribution in [0.1, 0.15) is 46.6 Å². The molecular formula is C28H28BrNO3. The molecule has 1 aliphatic heterocycles. The van der Waals surface area contributed by atoms with Gasteiger partial charge in [0.2, 0.25) is 0 Å². The third-order valence-corrected chi connectivity index (χ3v) is 7.61. The molecular weight excluding hydrogens is 478 g/mol. The Balaban J connectivity index is 1.53. The third-order valence-electron chi connectivity index (χ3n) is 7.12. The van der Waals surface area contributed by atoms with Gasteiger partial charge in [0.1, 0.15) is 11.4 Å². The Morgan fingerprint density at radius 1 is 1.03 bits per heavy atom. The summed E-state index contributed by atoms with van der Waals surface area (Å²) in [6.07, 6.45) is 2.29. The Bertz CT molecular complexity index is 1310. The van der Waals surface area contributed by atoms with Crippen molar-refractivity contribution in [3.05, 3.63) is 82.5 Å². The summed E-state index contributed by atoms with van der Waals surface area (Å²) in [6, 6.07) is 20.4. The van der Waals surface area contributed by atoms with Crippen molar-refractivity contribution in [2.45, 2.75) is 57.6 Å².